The summed E-state index contributed by atoms with van der Waals surface area (Å²) < 4.78 is 0. The van der Waals surface area contributed by atoms with E-state index in [1.165, 1.54) is 4.88 Å². The molecule has 2 heterocycles. The zero-order valence-corrected chi connectivity index (χ0v) is 12.3. The van der Waals surface area contributed by atoms with Crippen molar-refractivity contribution in [2.24, 2.45) is 0 Å². The van der Waals surface area contributed by atoms with Crippen LogP contribution in [0.5, 0.6) is 0 Å². The molecule has 0 unspecified atom stereocenters. The fourth-order valence-electron chi connectivity index (χ4n) is 1.83. The van der Waals surface area contributed by atoms with Gasteiger partial charge in [-0.25, -0.2) is 4.98 Å². The van der Waals surface area contributed by atoms with Crippen LogP contribution < -0.4 is 5.32 Å². The monoisotopic (exact) mass is 276 g/mol. The Labute approximate surface area is 118 Å². The Bertz CT molecular complexity index is 483. The molecule has 0 fully saturated rings. The summed E-state index contributed by atoms with van der Waals surface area (Å²) in [6, 6.07) is 6.05. The molecule has 0 radical (unpaired) electrons. The van der Waals surface area contributed by atoms with Gasteiger partial charge in [0.15, 0.2) is 5.13 Å². The first kappa shape index (κ1) is 14.0. The van der Waals surface area contributed by atoms with Crippen LogP contribution in [0.15, 0.2) is 30.6 Å². The van der Waals surface area contributed by atoms with Gasteiger partial charge >= 0.3 is 0 Å². The molecule has 19 heavy (non-hydrogen) atoms. The molecule has 2 aromatic rings. The Morgan fingerprint density at radius 3 is 2.79 bits per heavy atom. The van der Waals surface area contributed by atoms with E-state index >= 15 is 0 Å². The molecule has 2 aromatic heterocycles. The van der Waals surface area contributed by atoms with E-state index in [9.17, 15) is 0 Å². The summed E-state index contributed by atoms with van der Waals surface area (Å²) in [6.45, 7) is 7.99. The lowest BCUT2D eigenvalue weighted by Crippen LogP contribution is -2.22. The number of hydrogen-bond donors (Lipinski definition) is 1. The fourth-order valence-corrected chi connectivity index (χ4v) is 2.76. The summed E-state index contributed by atoms with van der Waals surface area (Å²) in [5.41, 5.74) is 1.11. The van der Waals surface area contributed by atoms with Gasteiger partial charge in [-0.05, 0) is 25.6 Å². The van der Waals surface area contributed by atoms with Crippen LogP contribution in [0.4, 0.5) is 5.13 Å². The van der Waals surface area contributed by atoms with Gasteiger partial charge in [0.05, 0.1) is 5.69 Å². The normalized spacial score (nSPS) is 10.9. The van der Waals surface area contributed by atoms with Crippen molar-refractivity contribution < 1.29 is 0 Å². The third kappa shape index (κ3) is 4.29. The molecule has 0 saturated heterocycles. The third-order valence-electron chi connectivity index (χ3n) is 2.82. The van der Waals surface area contributed by atoms with Gasteiger partial charge in [-0.2, -0.15) is 0 Å². The second-order valence-corrected chi connectivity index (χ2v) is 5.40. The van der Waals surface area contributed by atoms with E-state index in [1.807, 2.05) is 24.5 Å². The molecule has 0 amide bonds. The lowest BCUT2D eigenvalue weighted by molar-refractivity contribution is 0.270. The average Bonchev–Trinajstić information content (AvgIpc) is 2.87. The number of nitrogens with one attached hydrogen (secondary N) is 1. The van der Waals surface area contributed by atoms with Crippen molar-refractivity contribution in [2.75, 3.05) is 18.4 Å². The number of anilines is 1. The van der Waals surface area contributed by atoms with Crippen molar-refractivity contribution in [3.63, 3.8) is 0 Å². The number of nitrogens with zero attached hydrogens (tertiary/aromatic N) is 3. The predicted molar refractivity (Wildman–Crippen MR) is 80.3 cm³/mol. The number of pyridine rings is 1. The topological polar surface area (TPSA) is 41.1 Å². The van der Waals surface area contributed by atoms with Crippen LogP contribution in [-0.4, -0.2) is 28.0 Å². The van der Waals surface area contributed by atoms with Crippen molar-refractivity contribution in [2.45, 2.75) is 26.9 Å². The van der Waals surface area contributed by atoms with Crippen molar-refractivity contribution >= 4 is 16.5 Å². The van der Waals surface area contributed by atoms with Gasteiger partial charge in [-0.3, -0.25) is 9.88 Å². The molecule has 0 spiro atoms. The smallest absolute Gasteiger partial charge is 0.182 e. The van der Waals surface area contributed by atoms with Crippen LogP contribution in [0, 0.1) is 0 Å². The highest BCUT2D eigenvalue weighted by atomic mass is 32.1. The van der Waals surface area contributed by atoms with Crippen molar-refractivity contribution in [3.05, 3.63) is 41.2 Å². The van der Waals surface area contributed by atoms with Crippen LogP contribution >= 0.6 is 11.3 Å². The van der Waals surface area contributed by atoms with Gasteiger partial charge in [0.1, 0.15) is 0 Å². The molecule has 0 aromatic carbocycles. The molecule has 0 atom stereocenters. The predicted octanol–water partition coefficient (Wildman–Crippen LogP) is 2.99. The van der Waals surface area contributed by atoms with Crippen molar-refractivity contribution in [1.82, 2.24) is 14.9 Å². The first-order chi connectivity index (χ1) is 9.31. The van der Waals surface area contributed by atoms with E-state index in [0.717, 1.165) is 37.0 Å². The Morgan fingerprint density at radius 2 is 2.11 bits per heavy atom. The first-order valence-electron chi connectivity index (χ1n) is 6.62. The standard InChI is InChI=1S/C14H20N4S/c1-3-15-14-17-9-13(19-14)11-18(4-2)10-12-7-5-6-8-16-12/h5-9H,3-4,10-11H2,1-2H3,(H,15,17). The second kappa shape index (κ2) is 7.21. The molecule has 5 heteroatoms. The number of thiazole rings is 1. The summed E-state index contributed by atoms with van der Waals surface area (Å²) in [5.74, 6) is 0. The zero-order chi connectivity index (χ0) is 13.5. The molecule has 2 rings (SSSR count). The minimum atomic E-state index is 0.881. The molecular formula is C14H20N4S. The van der Waals surface area contributed by atoms with E-state index in [-0.39, 0.29) is 0 Å². The van der Waals surface area contributed by atoms with E-state index in [4.69, 9.17) is 0 Å². The fraction of sp³-hybridized carbons (Fsp3) is 0.429. The molecule has 0 bridgehead atoms. The molecule has 1 N–H and O–H groups in total. The average molecular weight is 276 g/mol. The van der Waals surface area contributed by atoms with Crippen molar-refractivity contribution in [3.8, 4) is 0 Å². The summed E-state index contributed by atoms with van der Waals surface area (Å²) >= 11 is 1.73. The maximum Gasteiger partial charge on any atom is 0.182 e. The third-order valence-corrected chi connectivity index (χ3v) is 3.76. The van der Waals surface area contributed by atoms with Crippen LogP contribution in [-0.2, 0) is 13.1 Å². The zero-order valence-electron chi connectivity index (χ0n) is 11.5. The van der Waals surface area contributed by atoms with Gasteiger partial charge in [0, 0.05) is 36.9 Å². The van der Waals surface area contributed by atoms with Gasteiger partial charge in [-0.15, -0.1) is 11.3 Å². The van der Waals surface area contributed by atoms with Crippen LogP contribution in [0.25, 0.3) is 0 Å². The maximum atomic E-state index is 4.38. The highest BCUT2D eigenvalue weighted by Crippen LogP contribution is 2.20. The van der Waals surface area contributed by atoms with Crippen LogP contribution in [0.2, 0.25) is 0 Å². The molecule has 0 saturated carbocycles. The first-order valence-corrected chi connectivity index (χ1v) is 7.44. The summed E-state index contributed by atoms with van der Waals surface area (Å²) in [5, 5.41) is 4.25. The summed E-state index contributed by atoms with van der Waals surface area (Å²) in [6.07, 6.45) is 3.81. The Kier molecular flexibility index (Phi) is 5.30. The lowest BCUT2D eigenvalue weighted by Gasteiger charge is -2.18. The quantitative estimate of drug-likeness (QED) is 0.844. The molecular weight excluding hydrogens is 256 g/mol. The second-order valence-electron chi connectivity index (χ2n) is 4.29. The Hall–Kier alpha value is -1.46. The minimum Gasteiger partial charge on any atom is -0.362 e. The Morgan fingerprint density at radius 1 is 1.21 bits per heavy atom. The molecule has 4 nitrogen and oxygen atoms in total. The minimum absolute atomic E-state index is 0.881. The highest BCUT2D eigenvalue weighted by Gasteiger charge is 2.08. The van der Waals surface area contributed by atoms with E-state index < -0.39 is 0 Å². The number of rotatable bonds is 7. The maximum absolute atomic E-state index is 4.38. The molecule has 0 aliphatic heterocycles. The van der Waals surface area contributed by atoms with Gasteiger partial charge < -0.3 is 5.32 Å². The molecule has 102 valence electrons. The molecule has 0 aliphatic carbocycles. The van der Waals surface area contributed by atoms with Crippen LogP contribution in [0.3, 0.4) is 0 Å². The number of hydrogen-bond acceptors (Lipinski definition) is 5. The lowest BCUT2D eigenvalue weighted by atomic mass is 10.3. The largest absolute Gasteiger partial charge is 0.362 e. The van der Waals surface area contributed by atoms with E-state index in [0.29, 0.717) is 0 Å². The number of aromatic nitrogens is 2. The summed E-state index contributed by atoms with van der Waals surface area (Å²) in [7, 11) is 0. The van der Waals surface area contributed by atoms with Gasteiger partial charge in [0.25, 0.3) is 0 Å². The Balaban J connectivity index is 1.94. The summed E-state index contributed by atoms with van der Waals surface area (Å²) in [4.78, 5) is 12.4. The SMILES string of the molecule is CCNc1ncc(CN(CC)Cc2ccccn2)s1. The van der Waals surface area contributed by atoms with Crippen LogP contribution in [0.1, 0.15) is 24.4 Å². The van der Waals surface area contributed by atoms with Gasteiger partial charge in [0.2, 0.25) is 0 Å². The van der Waals surface area contributed by atoms with Gasteiger partial charge in [-0.1, -0.05) is 13.0 Å². The van der Waals surface area contributed by atoms with E-state index in [2.05, 4.69) is 40.1 Å². The highest BCUT2D eigenvalue weighted by molar-refractivity contribution is 7.15. The molecule has 0 aliphatic rings. The van der Waals surface area contributed by atoms with E-state index in [1.54, 1.807) is 11.3 Å². The van der Waals surface area contributed by atoms with Crippen molar-refractivity contribution in [1.29, 1.82) is 0 Å².